The summed E-state index contributed by atoms with van der Waals surface area (Å²) < 4.78 is 5.13. The summed E-state index contributed by atoms with van der Waals surface area (Å²) in [4.78, 5) is 35.6. The molecule has 0 heterocycles. The Labute approximate surface area is 162 Å². The predicted molar refractivity (Wildman–Crippen MR) is 100 cm³/mol. The van der Waals surface area contributed by atoms with Crippen molar-refractivity contribution in [3.05, 3.63) is 71.8 Å². The number of carboxylic acids is 1. The van der Waals surface area contributed by atoms with Crippen LogP contribution in [-0.2, 0) is 27.4 Å². The summed E-state index contributed by atoms with van der Waals surface area (Å²) >= 11 is 0. The molecule has 2 atom stereocenters. The number of hydrogen-bond acceptors (Lipinski definition) is 5. The first-order chi connectivity index (χ1) is 13.5. The normalized spacial score (nSPS) is 12.5. The number of nitrogens with one attached hydrogen (secondary N) is 2. The van der Waals surface area contributed by atoms with E-state index in [9.17, 15) is 14.4 Å². The molecule has 2 amide bonds. The molecule has 8 nitrogen and oxygen atoms in total. The van der Waals surface area contributed by atoms with E-state index in [-0.39, 0.29) is 13.0 Å². The zero-order valence-electron chi connectivity index (χ0n) is 15.1. The Morgan fingerprint density at radius 1 is 0.857 bits per heavy atom. The first-order valence-electron chi connectivity index (χ1n) is 8.64. The molecule has 2 aromatic carbocycles. The summed E-state index contributed by atoms with van der Waals surface area (Å²) in [5.41, 5.74) is 1.55. The summed E-state index contributed by atoms with van der Waals surface area (Å²) in [5.74, 6) is -2.11. The van der Waals surface area contributed by atoms with Gasteiger partial charge in [-0.3, -0.25) is 4.79 Å². The standard InChI is InChI=1S/C20H22N2O6/c23-12-17(19(25)26)21-18(24)16(11-14-7-3-1-4-8-14)22-20(27)28-13-15-9-5-2-6-10-15/h1-10,16-17,23H,11-13H2,(H,21,24)(H,22,27)(H,25,26)/t16-,17?/m1/s1. The summed E-state index contributed by atoms with van der Waals surface area (Å²) in [7, 11) is 0. The highest BCUT2D eigenvalue weighted by Crippen LogP contribution is 2.06. The molecule has 4 N–H and O–H groups in total. The van der Waals surface area contributed by atoms with Crippen LogP contribution in [0.1, 0.15) is 11.1 Å². The first-order valence-corrected chi connectivity index (χ1v) is 8.64. The smallest absolute Gasteiger partial charge is 0.408 e. The minimum atomic E-state index is -1.46. The maximum absolute atomic E-state index is 12.5. The van der Waals surface area contributed by atoms with E-state index < -0.39 is 36.7 Å². The van der Waals surface area contributed by atoms with Gasteiger partial charge in [0.25, 0.3) is 0 Å². The molecular weight excluding hydrogens is 364 g/mol. The monoisotopic (exact) mass is 386 g/mol. The lowest BCUT2D eigenvalue weighted by atomic mass is 10.1. The number of hydrogen-bond donors (Lipinski definition) is 4. The number of aliphatic carboxylic acids is 1. The average Bonchev–Trinajstić information content (AvgIpc) is 2.71. The lowest BCUT2D eigenvalue weighted by Crippen LogP contribution is -2.53. The SMILES string of the molecule is O=C(N[C@H](Cc1ccccc1)C(=O)NC(CO)C(=O)O)OCc1ccccc1. The second-order valence-electron chi connectivity index (χ2n) is 6.03. The zero-order chi connectivity index (χ0) is 20.4. The van der Waals surface area contributed by atoms with E-state index in [2.05, 4.69) is 10.6 Å². The van der Waals surface area contributed by atoms with Crippen LogP contribution in [0.15, 0.2) is 60.7 Å². The maximum atomic E-state index is 12.5. The molecule has 0 radical (unpaired) electrons. The van der Waals surface area contributed by atoms with Crippen molar-refractivity contribution in [3.63, 3.8) is 0 Å². The number of ether oxygens (including phenoxy) is 1. The number of rotatable bonds is 9. The van der Waals surface area contributed by atoms with Crippen LogP contribution < -0.4 is 10.6 Å². The highest BCUT2D eigenvalue weighted by Gasteiger charge is 2.26. The van der Waals surface area contributed by atoms with Crippen LogP contribution in [0.4, 0.5) is 4.79 Å². The number of benzene rings is 2. The molecule has 0 aromatic heterocycles. The van der Waals surface area contributed by atoms with Crippen LogP contribution in [0, 0.1) is 0 Å². The van der Waals surface area contributed by atoms with E-state index >= 15 is 0 Å². The van der Waals surface area contributed by atoms with Gasteiger partial charge in [0.05, 0.1) is 6.61 Å². The molecule has 0 aliphatic heterocycles. The molecule has 0 fully saturated rings. The Bertz CT molecular complexity index is 782. The van der Waals surface area contributed by atoms with Gasteiger partial charge in [0.2, 0.25) is 5.91 Å². The molecule has 148 valence electrons. The van der Waals surface area contributed by atoms with Crippen LogP contribution in [0.2, 0.25) is 0 Å². The largest absolute Gasteiger partial charge is 0.480 e. The Balaban J connectivity index is 2.03. The van der Waals surface area contributed by atoms with Gasteiger partial charge in [-0.1, -0.05) is 60.7 Å². The number of aliphatic hydroxyl groups is 1. The molecule has 1 unspecified atom stereocenters. The topological polar surface area (TPSA) is 125 Å². The minimum Gasteiger partial charge on any atom is -0.480 e. The van der Waals surface area contributed by atoms with E-state index in [0.29, 0.717) is 0 Å². The second-order valence-corrected chi connectivity index (χ2v) is 6.03. The lowest BCUT2D eigenvalue weighted by Gasteiger charge is -2.20. The van der Waals surface area contributed by atoms with Crippen molar-refractivity contribution in [1.29, 1.82) is 0 Å². The Morgan fingerprint density at radius 3 is 1.96 bits per heavy atom. The van der Waals surface area contributed by atoms with Crippen molar-refractivity contribution >= 4 is 18.0 Å². The molecule has 0 aliphatic carbocycles. The van der Waals surface area contributed by atoms with Crippen molar-refractivity contribution in [1.82, 2.24) is 10.6 Å². The second kappa shape index (κ2) is 10.7. The summed E-state index contributed by atoms with van der Waals surface area (Å²) in [6.07, 6.45) is -0.680. The Kier molecular flexibility index (Phi) is 7.98. The summed E-state index contributed by atoms with van der Waals surface area (Å²) in [5, 5.41) is 22.8. The van der Waals surface area contributed by atoms with Gasteiger partial charge in [0.15, 0.2) is 0 Å². The van der Waals surface area contributed by atoms with E-state index in [1.165, 1.54) is 0 Å². The highest BCUT2D eigenvalue weighted by atomic mass is 16.5. The molecule has 2 rings (SSSR count). The van der Waals surface area contributed by atoms with Crippen LogP contribution in [0.3, 0.4) is 0 Å². The molecule has 0 spiro atoms. The van der Waals surface area contributed by atoms with Crippen molar-refractivity contribution in [3.8, 4) is 0 Å². The minimum absolute atomic E-state index is 0.0285. The lowest BCUT2D eigenvalue weighted by molar-refractivity contribution is -0.143. The number of carbonyl (C=O) groups is 3. The summed E-state index contributed by atoms with van der Waals surface area (Å²) in [6, 6.07) is 15.4. The fraction of sp³-hybridized carbons (Fsp3) is 0.250. The van der Waals surface area contributed by atoms with Gasteiger partial charge in [-0.2, -0.15) is 0 Å². The predicted octanol–water partition coefficient (Wildman–Crippen LogP) is 1.09. The van der Waals surface area contributed by atoms with Crippen molar-refractivity contribution in [2.75, 3.05) is 6.61 Å². The molecule has 0 saturated carbocycles. The van der Waals surface area contributed by atoms with E-state index in [0.717, 1.165) is 11.1 Å². The fourth-order valence-electron chi connectivity index (χ4n) is 2.42. The van der Waals surface area contributed by atoms with Crippen LogP contribution >= 0.6 is 0 Å². The molecule has 8 heteroatoms. The highest BCUT2D eigenvalue weighted by molar-refractivity contribution is 5.89. The zero-order valence-corrected chi connectivity index (χ0v) is 15.1. The average molecular weight is 386 g/mol. The van der Waals surface area contributed by atoms with Crippen LogP contribution in [-0.4, -0.2) is 46.9 Å². The van der Waals surface area contributed by atoms with E-state index in [1.807, 2.05) is 24.3 Å². The van der Waals surface area contributed by atoms with Gasteiger partial charge < -0.3 is 25.6 Å². The van der Waals surface area contributed by atoms with Crippen LogP contribution in [0.25, 0.3) is 0 Å². The van der Waals surface area contributed by atoms with Gasteiger partial charge in [-0.25, -0.2) is 9.59 Å². The maximum Gasteiger partial charge on any atom is 0.408 e. The molecular formula is C20H22N2O6. The van der Waals surface area contributed by atoms with Crippen LogP contribution in [0.5, 0.6) is 0 Å². The molecule has 0 bridgehead atoms. The van der Waals surface area contributed by atoms with E-state index in [4.69, 9.17) is 14.9 Å². The summed E-state index contributed by atoms with van der Waals surface area (Å²) in [6.45, 7) is -0.738. The first kappa shape index (κ1) is 20.9. The third kappa shape index (κ3) is 6.73. The molecule has 2 aromatic rings. The van der Waals surface area contributed by atoms with Gasteiger partial charge in [-0.05, 0) is 11.1 Å². The van der Waals surface area contributed by atoms with Gasteiger partial charge in [0.1, 0.15) is 18.7 Å². The fourth-order valence-corrected chi connectivity index (χ4v) is 2.42. The van der Waals surface area contributed by atoms with Gasteiger partial charge in [-0.15, -0.1) is 0 Å². The molecule has 0 saturated heterocycles. The van der Waals surface area contributed by atoms with Gasteiger partial charge in [0, 0.05) is 6.42 Å². The quantitative estimate of drug-likeness (QED) is 0.511. The number of carboxylic acid groups (broad SMARTS) is 1. The number of alkyl carbamates (subject to hydrolysis) is 1. The van der Waals surface area contributed by atoms with E-state index in [1.54, 1.807) is 36.4 Å². The van der Waals surface area contributed by atoms with Gasteiger partial charge >= 0.3 is 12.1 Å². The molecule has 0 aliphatic rings. The third-order valence-electron chi connectivity index (χ3n) is 3.90. The Morgan fingerprint density at radius 2 is 1.43 bits per heavy atom. The number of aliphatic hydroxyl groups excluding tert-OH is 1. The number of carbonyl (C=O) groups excluding carboxylic acids is 2. The van der Waals surface area contributed by atoms with Crippen molar-refractivity contribution < 1.29 is 29.3 Å². The van der Waals surface area contributed by atoms with Crippen molar-refractivity contribution in [2.24, 2.45) is 0 Å². The Hall–Kier alpha value is -3.39. The molecule has 28 heavy (non-hydrogen) atoms. The van der Waals surface area contributed by atoms with Crippen molar-refractivity contribution in [2.45, 2.75) is 25.1 Å². The number of amides is 2. The third-order valence-corrected chi connectivity index (χ3v) is 3.90.